The third-order valence-corrected chi connectivity index (χ3v) is 8.68. The quantitative estimate of drug-likeness (QED) is 0.206. The summed E-state index contributed by atoms with van der Waals surface area (Å²) in [5.74, 6) is 0. The Morgan fingerprint density at radius 1 is 0.372 bits per heavy atom. The van der Waals surface area contributed by atoms with Crippen molar-refractivity contribution in [2.24, 2.45) is 0 Å². The average molecular weight is 548 g/mol. The van der Waals surface area contributed by atoms with E-state index in [1.807, 2.05) is 12.1 Å². The predicted molar refractivity (Wildman–Crippen MR) is 180 cm³/mol. The van der Waals surface area contributed by atoms with E-state index in [9.17, 15) is 0 Å². The number of nitrogens with zero attached hydrogens (tertiary/aromatic N) is 1. The third kappa shape index (κ3) is 3.77. The van der Waals surface area contributed by atoms with Crippen LogP contribution in [0.4, 0.5) is 0 Å². The van der Waals surface area contributed by atoms with Crippen LogP contribution in [-0.4, -0.2) is 4.98 Å². The molecule has 0 unspecified atom stereocenters. The second kappa shape index (κ2) is 9.40. The van der Waals surface area contributed by atoms with Crippen LogP contribution in [0.2, 0.25) is 0 Å². The van der Waals surface area contributed by atoms with Crippen molar-refractivity contribution >= 4 is 54.4 Å². The molecule has 2 nitrogen and oxygen atoms in total. The van der Waals surface area contributed by atoms with E-state index in [2.05, 4.69) is 140 Å². The van der Waals surface area contributed by atoms with E-state index in [1.165, 1.54) is 38.1 Å². The Balaban J connectivity index is 1.11. The lowest BCUT2D eigenvalue weighted by Crippen LogP contribution is -1.89. The zero-order chi connectivity index (χ0) is 28.3. The molecule has 0 aliphatic carbocycles. The Morgan fingerprint density at radius 2 is 0.953 bits per heavy atom. The van der Waals surface area contributed by atoms with Crippen molar-refractivity contribution in [3.05, 3.63) is 152 Å². The molecule has 43 heavy (non-hydrogen) atoms. The summed E-state index contributed by atoms with van der Waals surface area (Å²) >= 11 is 0. The van der Waals surface area contributed by atoms with Crippen LogP contribution in [0.5, 0.6) is 0 Å². The van der Waals surface area contributed by atoms with Gasteiger partial charge in [0.2, 0.25) is 0 Å². The van der Waals surface area contributed by atoms with Gasteiger partial charge in [-0.25, -0.2) is 4.98 Å². The number of aromatic nitrogens is 1. The van der Waals surface area contributed by atoms with Gasteiger partial charge in [0.15, 0.2) is 0 Å². The second-order valence-corrected chi connectivity index (χ2v) is 11.1. The molecule has 7 aromatic carbocycles. The van der Waals surface area contributed by atoms with Gasteiger partial charge in [0.1, 0.15) is 11.2 Å². The molecule has 0 fully saturated rings. The molecule has 0 aliphatic rings. The van der Waals surface area contributed by atoms with E-state index < -0.39 is 0 Å². The monoisotopic (exact) mass is 547 g/mol. The van der Waals surface area contributed by atoms with Crippen LogP contribution < -0.4 is 0 Å². The highest BCUT2D eigenvalue weighted by Gasteiger charge is 2.13. The van der Waals surface area contributed by atoms with E-state index in [1.54, 1.807) is 0 Å². The summed E-state index contributed by atoms with van der Waals surface area (Å²) in [7, 11) is 0. The minimum absolute atomic E-state index is 0.917. The molecule has 0 atom stereocenters. The van der Waals surface area contributed by atoms with Crippen LogP contribution in [0.1, 0.15) is 0 Å². The Bertz CT molecular complexity index is 2470. The molecule has 2 heterocycles. The van der Waals surface area contributed by atoms with Gasteiger partial charge in [0, 0.05) is 32.7 Å². The summed E-state index contributed by atoms with van der Waals surface area (Å²) in [4.78, 5) is 5.22. The lowest BCUT2D eigenvalue weighted by molar-refractivity contribution is 0.670. The Hall–Kier alpha value is -5.73. The highest BCUT2D eigenvalue weighted by atomic mass is 16.3. The van der Waals surface area contributed by atoms with Crippen molar-refractivity contribution in [1.82, 2.24) is 4.98 Å². The highest BCUT2D eigenvalue weighted by Crippen LogP contribution is 2.38. The summed E-state index contributed by atoms with van der Waals surface area (Å²) in [6, 6.07) is 53.7. The van der Waals surface area contributed by atoms with Gasteiger partial charge in [-0.1, -0.05) is 127 Å². The van der Waals surface area contributed by atoms with Crippen LogP contribution >= 0.6 is 0 Å². The van der Waals surface area contributed by atoms with Crippen molar-refractivity contribution in [3.63, 3.8) is 0 Å². The first-order valence-electron chi connectivity index (χ1n) is 14.6. The number of furan rings is 1. The zero-order valence-corrected chi connectivity index (χ0v) is 23.3. The number of benzene rings is 7. The van der Waals surface area contributed by atoms with Crippen molar-refractivity contribution < 1.29 is 4.42 Å². The molecule has 0 saturated carbocycles. The Kier molecular flexibility index (Phi) is 5.23. The van der Waals surface area contributed by atoms with Gasteiger partial charge in [0.05, 0.1) is 11.2 Å². The van der Waals surface area contributed by atoms with Gasteiger partial charge in [-0.2, -0.15) is 0 Å². The Labute approximate surface area is 248 Å². The van der Waals surface area contributed by atoms with Gasteiger partial charge in [-0.05, 0) is 57.1 Å². The maximum Gasteiger partial charge on any atom is 0.143 e. The molecular weight excluding hydrogens is 522 g/mol. The maximum atomic E-state index is 6.32. The highest BCUT2D eigenvalue weighted by molar-refractivity contribution is 6.24. The number of para-hydroxylation sites is 2. The molecule has 9 aromatic rings. The van der Waals surface area contributed by atoms with Crippen molar-refractivity contribution in [1.29, 1.82) is 0 Å². The van der Waals surface area contributed by atoms with Crippen LogP contribution in [-0.2, 0) is 0 Å². The van der Waals surface area contributed by atoms with E-state index >= 15 is 0 Å². The number of hydrogen-bond donors (Lipinski definition) is 0. The first-order valence-corrected chi connectivity index (χ1v) is 14.6. The van der Waals surface area contributed by atoms with Crippen LogP contribution in [0.15, 0.2) is 156 Å². The first-order chi connectivity index (χ1) is 21.3. The molecule has 200 valence electrons. The van der Waals surface area contributed by atoms with E-state index in [0.717, 1.165) is 49.8 Å². The fourth-order valence-electron chi connectivity index (χ4n) is 6.59. The summed E-state index contributed by atoms with van der Waals surface area (Å²) in [6.07, 6.45) is 0. The summed E-state index contributed by atoms with van der Waals surface area (Å²) in [5.41, 5.74) is 9.55. The number of rotatable bonds is 3. The number of fused-ring (bicyclic) bond motifs is 9. The molecular formula is C41H25NO. The molecule has 2 heteroatoms. The molecule has 0 saturated heterocycles. The summed E-state index contributed by atoms with van der Waals surface area (Å²) in [6.45, 7) is 0. The molecule has 0 bridgehead atoms. The third-order valence-electron chi connectivity index (χ3n) is 8.68. The molecule has 0 aliphatic heterocycles. The van der Waals surface area contributed by atoms with Gasteiger partial charge >= 0.3 is 0 Å². The molecule has 9 rings (SSSR count). The van der Waals surface area contributed by atoms with E-state index in [4.69, 9.17) is 9.40 Å². The van der Waals surface area contributed by atoms with E-state index in [0.29, 0.717) is 0 Å². The SMILES string of the molecule is c1cc(-c2ccc(-c3ccc4c5ccccc5c5ccccc5c4n3)cc2)cc(-c2cccc3c2oc2ccccc23)c1. The molecule has 2 aromatic heterocycles. The van der Waals surface area contributed by atoms with Crippen molar-refractivity contribution in [2.75, 3.05) is 0 Å². The fraction of sp³-hybridized carbons (Fsp3) is 0. The minimum atomic E-state index is 0.917. The normalized spacial score (nSPS) is 11.7. The number of hydrogen-bond acceptors (Lipinski definition) is 2. The van der Waals surface area contributed by atoms with Crippen LogP contribution in [0.3, 0.4) is 0 Å². The molecule has 0 N–H and O–H groups in total. The van der Waals surface area contributed by atoms with Gasteiger partial charge < -0.3 is 4.42 Å². The summed E-state index contributed by atoms with van der Waals surface area (Å²) < 4.78 is 6.32. The minimum Gasteiger partial charge on any atom is -0.455 e. The molecule has 0 spiro atoms. The lowest BCUT2D eigenvalue weighted by atomic mass is 9.95. The van der Waals surface area contributed by atoms with Crippen LogP contribution in [0.25, 0.3) is 87.9 Å². The zero-order valence-electron chi connectivity index (χ0n) is 23.3. The Morgan fingerprint density at radius 3 is 1.74 bits per heavy atom. The maximum absolute atomic E-state index is 6.32. The average Bonchev–Trinajstić information content (AvgIpc) is 3.47. The van der Waals surface area contributed by atoms with Crippen LogP contribution in [0, 0.1) is 0 Å². The topological polar surface area (TPSA) is 26.0 Å². The summed E-state index contributed by atoms with van der Waals surface area (Å²) in [5, 5.41) is 8.41. The standard InChI is InChI=1S/C41H25NO/c1-2-13-33-31(11-1)32-12-3-4-15-35(32)40-36(33)23-24-38(42-40)27-21-19-26(20-22-27)28-9-7-10-29(25-28)30-16-8-17-37-34-14-5-6-18-39(34)43-41(30)37/h1-25H. The van der Waals surface area contributed by atoms with Crippen molar-refractivity contribution in [3.8, 4) is 33.5 Å². The van der Waals surface area contributed by atoms with Gasteiger partial charge in [-0.3, -0.25) is 0 Å². The fourth-order valence-corrected chi connectivity index (χ4v) is 6.59. The van der Waals surface area contributed by atoms with Gasteiger partial charge in [0.25, 0.3) is 0 Å². The molecule has 0 amide bonds. The van der Waals surface area contributed by atoms with Crippen molar-refractivity contribution in [2.45, 2.75) is 0 Å². The first kappa shape index (κ1) is 23.9. The lowest BCUT2D eigenvalue weighted by Gasteiger charge is -2.11. The second-order valence-electron chi connectivity index (χ2n) is 11.1. The van der Waals surface area contributed by atoms with Gasteiger partial charge in [-0.15, -0.1) is 0 Å². The largest absolute Gasteiger partial charge is 0.455 e. The predicted octanol–water partition coefficient (Wildman–Crippen LogP) is 11.4. The smallest absolute Gasteiger partial charge is 0.143 e. The number of pyridine rings is 1. The van der Waals surface area contributed by atoms with E-state index in [-0.39, 0.29) is 0 Å². The molecule has 0 radical (unpaired) electrons.